The molecule has 0 spiro atoms. The molecule has 1 aliphatic heterocycles. The third-order valence-corrected chi connectivity index (χ3v) is 3.52. The molecule has 0 radical (unpaired) electrons. The maximum absolute atomic E-state index is 12.4. The number of aromatic nitrogens is 4. The standard InChI is InChI=1S/C14H18N6O2/c1-19(2)13-12(16-3-4-17-13)11-8-20(5-6-22-11)14(21)10-7-15-9-18-10/h3-4,7,9,11H,5-6,8H2,1-2H3,(H,15,18)/t11-/m0/s1. The van der Waals surface area contributed by atoms with Crippen LogP contribution in [0.15, 0.2) is 24.9 Å². The van der Waals surface area contributed by atoms with Gasteiger partial charge in [-0.25, -0.2) is 9.97 Å². The maximum Gasteiger partial charge on any atom is 0.272 e. The quantitative estimate of drug-likeness (QED) is 0.887. The zero-order valence-corrected chi connectivity index (χ0v) is 12.6. The molecule has 1 aliphatic rings. The molecule has 22 heavy (non-hydrogen) atoms. The van der Waals surface area contributed by atoms with E-state index in [1.165, 1.54) is 12.5 Å². The summed E-state index contributed by atoms with van der Waals surface area (Å²) in [7, 11) is 3.81. The number of hydrogen-bond acceptors (Lipinski definition) is 6. The summed E-state index contributed by atoms with van der Waals surface area (Å²) in [6.07, 6.45) is 6.03. The van der Waals surface area contributed by atoms with E-state index in [1.807, 2.05) is 19.0 Å². The molecule has 1 N–H and O–H groups in total. The van der Waals surface area contributed by atoms with Crippen LogP contribution in [0.1, 0.15) is 22.3 Å². The minimum absolute atomic E-state index is 0.0823. The van der Waals surface area contributed by atoms with Crippen LogP contribution in [-0.4, -0.2) is 64.5 Å². The first-order valence-electron chi connectivity index (χ1n) is 7.04. The van der Waals surface area contributed by atoms with Crippen molar-refractivity contribution in [2.75, 3.05) is 38.7 Å². The highest BCUT2D eigenvalue weighted by Crippen LogP contribution is 2.26. The molecule has 0 bridgehead atoms. The summed E-state index contributed by atoms with van der Waals surface area (Å²) in [5.74, 6) is 0.671. The molecule has 0 unspecified atom stereocenters. The number of anilines is 1. The van der Waals surface area contributed by atoms with Gasteiger partial charge in [-0.15, -0.1) is 0 Å². The average Bonchev–Trinajstić information content (AvgIpc) is 3.08. The summed E-state index contributed by atoms with van der Waals surface area (Å²) in [5, 5.41) is 0. The van der Waals surface area contributed by atoms with Gasteiger partial charge in [0.05, 0.1) is 25.7 Å². The van der Waals surface area contributed by atoms with E-state index in [9.17, 15) is 4.79 Å². The molecule has 0 aliphatic carbocycles. The van der Waals surface area contributed by atoms with E-state index in [2.05, 4.69) is 19.9 Å². The fourth-order valence-corrected chi connectivity index (χ4v) is 2.46. The summed E-state index contributed by atoms with van der Waals surface area (Å²) < 4.78 is 5.80. The fraction of sp³-hybridized carbons (Fsp3) is 0.429. The van der Waals surface area contributed by atoms with Crippen molar-refractivity contribution in [3.05, 3.63) is 36.3 Å². The van der Waals surface area contributed by atoms with Crippen LogP contribution in [0, 0.1) is 0 Å². The molecule has 1 saturated heterocycles. The SMILES string of the molecule is CN(C)c1nccnc1[C@@H]1CN(C(=O)c2cnc[nH]2)CCO1. The lowest BCUT2D eigenvalue weighted by Crippen LogP contribution is -2.43. The number of hydrogen-bond donors (Lipinski definition) is 1. The van der Waals surface area contributed by atoms with Crippen molar-refractivity contribution in [2.24, 2.45) is 0 Å². The number of H-pyrrole nitrogens is 1. The Morgan fingerprint density at radius 3 is 2.95 bits per heavy atom. The summed E-state index contributed by atoms with van der Waals surface area (Å²) in [6, 6.07) is 0. The molecule has 2 aromatic heterocycles. The average molecular weight is 302 g/mol. The van der Waals surface area contributed by atoms with Gasteiger partial charge in [-0.05, 0) is 0 Å². The predicted octanol–water partition coefficient (Wildman–Crippen LogP) is 0.479. The highest BCUT2D eigenvalue weighted by atomic mass is 16.5. The molecular formula is C14H18N6O2. The lowest BCUT2D eigenvalue weighted by atomic mass is 10.2. The molecule has 2 aromatic rings. The van der Waals surface area contributed by atoms with Gasteiger partial charge in [0, 0.05) is 33.0 Å². The van der Waals surface area contributed by atoms with Gasteiger partial charge in [0.25, 0.3) is 5.91 Å². The van der Waals surface area contributed by atoms with Crippen LogP contribution in [0.2, 0.25) is 0 Å². The number of morpholine rings is 1. The van der Waals surface area contributed by atoms with E-state index in [-0.39, 0.29) is 12.0 Å². The highest BCUT2D eigenvalue weighted by Gasteiger charge is 2.29. The molecule has 0 aromatic carbocycles. The van der Waals surface area contributed by atoms with Gasteiger partial charge >= 0.3 is 0 Å². The Morgan fingerprint density at radius 1 is 1.41 bits per heavy atom. The fourth-order valence-electron chi connectivity index (χ4n) is 2.46. The number of nitrogens with one attached hydrogen (secondary N) is 1. The minimum Gasteiger partial charge on any atom is -0.368 e. The topological polar surface area (TPSA) is 87.2 Å². The molecule has 116 valence electrons. The molecule has 0 saturated carbocycles. The number of amides is 1. The smallest absolute Gasteiger partial charge is 0.272 e. The van der Waals surface area contributed by atoms with E-state index in [1.54, 1.807) is 17.3 Å². The van der Waals surface area contributed by atoms with Gasteiger partial charge in [0.15, 0.2) is 5.82 Å². The second-order valence-electron chi connectivity index (χ2n) is 5.24. The molecule has 1 atom stereocenters. The second-order valence-corrected chi connectivity index (χ2v) is 5.24. The molecule has 3 heterocycles. The first-order chi connectivity index (χ1) is 10.7. The number of carbonyl (C=O) groups excluding carboxylic acids is 1. The lowest BCUT2D eigenvalue weighted by molar-refractivity contribution is -0.0247. The summed E-state index contributed by atoms with van der Waals surface area (Å²) in [5.41, 5.74) is 1.22. The van der Waals surface area contributed by atoms with Gasteiger partial charge < -0.3 is 19.5 Å². The largest absolute Gasteiger partial charge is 0.368 e. The van der Waals surface area contributed by atoms with Crippen LogP contribution in [-0.2, 0) is 4.74 Å². The van der Waals surface area contributed by atoms with Gasteiger partial charge in [-0.3, -0.25) is 9.78 Å². The Kier molecular flexibility index (Phi) is 4.01. The van der Waals surface area contributed by atoms with Crippen molar-refractivity contribution in [1.29, 1.82) is 0 Å². The van der Waals surface area contributed by atoms with Gasteiger partial charge in [0.2, 0.25) is 0 Å². The highest BCUT2D eigenvalue weighted by molar-refractivity contribution is 5.92. The number of imidazole rings is 1. The second kappa shape index (κ2) is 6.10. The van der Waals surface area contributed by atoms with E-state index >= 15 is 0 Å². The normalized spacial score (nSPS) is 18.3. The van der Waals surface area contributed by atoms with Crippen molar-refractivity contribution >= 4 is 11.7 Å². The maximum atomic E-state index is 12.4. The van der Waals surface area contributed by atoms with E-state index < -0.39 is 0 Å². The Morgan fingerprint density at radius 2 is 2.23 bits per heavy atom. The zero-order valence-electron chi connectivity index (χ0n) is 12.6. The summed E-state index contributed by atoms with van der Waals surface area (Å²) in [4.78, 5) is 31.5. The van der Waals surface area contributed by atoms with Crippen LogP contribution >= 0.6 is 0 Å². The Hall–Kier alpha value is -2.48. The van der Waals surface area contributed by atoms with Gasteiger partial charge in [0.1, 0.15) is 17.5 Å². The first kappa shape index (κ1) is 14.5. The van der Waals surface area contributed by atoms with E-state index in [0.29, 0.717) is 25.4 Å². The Balaban J connectivity index is 1.80. The van der Waals surface area contributed by atoms with E-state index in [0.717, 1.165) is 11.5 Å². The molecule has 1 fully saturated rings. The molecule has 8 heteroatoms. The molecular weight excluding hydrogens is 284 g/mol. The first-order valence-corrected chi connectivity index (χ1v) is 7.04. The minimum atomic E-state index is -0.285. The monoisotopic (exact) mass is 302 g/mol. The van der Waals surface area contributed by atoms with Crippen LogP contribution < -0.4 is 4.90 Å². The lowest BCUT2D eigenvalue weighted by Gasteiger charge is -2.33. The predicted molar refractivity (Wildman–Crippen MR) is 79.5 cm³/mol. The molecule has 3 rings (SSSR count). The molecule has 8 nitrogen and oxygen atoms in total. The van der Waals surface area contributed by atoms with Crippen LogP contribution in [0.3, 0.4) is 0 Å². The van der Waals surface area contributed by atoms with Crippen molar-refractivity contribution in [3.63, 3.8) is 0 Å². The number of rotatable bonds is 3. The van der Waals surface area contributed by atoms with Gasteiger partial charge in [-0.2, -0.15) is 0 Å². The van der Waals surface area contributed by atoms with Crippen molar-refractivity contribution in [2.45, 2.75) is 6.10 Å². The van der Waals surface area contributed by atoms with Crippen LogP contribution in [0.25, 0.3) is 0 Å². The zero-order chi connectivity index (χ0) is 15.5. The number of ether oxygens (including phenoxy) is 1. The Labute approximate surface area is 128 Å². The number of nitrogens with zero attached hydrogens (tertiary/aromatic N) is 5. The molecule has 1 amide bonds. The van der Waals surface area contributed by atoms with Gasteiger partial charge in [-0.1, -0.05) is 0 Å². The third-order valence-electron chi connectivity index (χ3n) is 3.52. The number of aromatic amines is 1. The summed E-state index contributed by atoms with van der Waals surface area (Å²) in [6.45, 7) is 1.46. The Bertz CT molecular complexity index is 643. The van der Waals surface area contributed by atoms with Crippen molar-refractivity contribution in [3.8, 4) is 0 Å². The van der Waals surface area contributed by atoms with Crippen LogP contribution in [0.4, 0.5) is 5.82 Å². The van der Waals surface area contributed by atoms with Crippen LogP contribution in [0.5, 0.6) is 0 Å². The van der Waals surface area contributed by atoms with Crippen molar-refractivity contribution < 1.29 is 9.53 Å². The van der Waals surface area contributed by atoms with Crippen molar-refractivity contribution in [1.82, 2.24) is 24.8 Å². The summed E-state index contributed by atoms with van der Waals surface area (Å²) >= 11 is 0. The number of carbonyl (C=O) groups is 1. The third kappa shape index (κ3) is 2.77. The van der Waals surface area contributed by atoms with E-state index in [4.69, 9.17) is 4.74 Å².